The third-order valence-electron chi connectivity index (χ3n) is 4.14. The lowest BCUT2D eigenvalue weighted by Crippen LogP contribution is -2.06. The Morgan fingerprint density at radius 1 is 0.880 bits per heavy atom. The fourth-order valence-electron chi connectivity index (χ4n) is 3.09. The second-order valence-corrected chi connectivity index (χ2v) is 6.85. The van der Waals surface area contributed by atoms with Gasteiger partial charge in [-0.05, 0) is 37.5 Å². The van der Waals surface area contributed by atoms with Crippen molar-refractivity contribution in [3.63, 3.8) is 0 Å². The Bertz CT molecular complexity index is 880. The summed E-state index contributed by atoms with van der Waals surface area (Å²) >= 11 is 12.7. The summed E-state index contributed by atoms with van der Waals surface area (Å²) in [7, 11) is 0. The summed E-state index contributed by atoms with van der Waals surface area (Å²) in [5, 5.41) is 10.9. The molecule has 3 nitrogen and oxygen atoms in total. The molecule has 0 radical (unpaired) electrons. The lowest BCUT2D eigenvalue weighted by molar-refractivity contribution is 0.219. The molecule has 0 aliphatic rings. The first kappa shape index (κ1) is 17.9. The summed E-state index contributed by atoms with van der Waals surface area (Å²) in [5.74, 6) is 0.467. The predicted molar refractivity (Wildman–Crippen MR) is 102 cm³/mol. The van der Waals surface area contributed by atoms with Gasteiger partial charge < -0.3 is 5.11 Å². The van der Waals surface area contributed by atoms with E-state index in [2.05, 4.69) is 22.1 Å². The van der Waals surface area contributed by atoms with Crippen molar-refractivity contribution in [1.29, 1.82) is 0 Å². The summed E-state index contributed by atoms with van der Waals surface area (Å²) in [6.07, 6.45) is -0.976. The highest BCUT2D eigenvalue weighted by molar-refractivity contribution is 6.34. The van der Waals surface area contributed by atoms with Gasteiger partial charge in [0.15, 0.2) is 5.82 Å². The normalized spacial score (nSPS) is 12.2. The second-order valence-electron chi connectivity index (χ2n) is 6.13. The highest BCUT2D eigenvalue weighted by atomic mass is 35.5. The van der Waals surface area contributed by atoms with Crippen molar-refractivity contribution in [1.82, 2.24) is 9.97 Å². The number of rotatable bonds is 3. The van der Waals surface area contributed by atoms with Gasteiger partial charge in [0.1, 0.15) is 16.4 Å². The van der Waals surface area contributed by atoms with Crippen molar-refractivity contribution >= 4 is 23.2 Å². The van der Waals surface area contributed by atoms with Gasteiger partial charge in [0.25, 0.3) is 0 Å². The van der Waals surface area contributed by atoms with E-state index < -0.39 is 6.10 Å². The molecule has 3 rings (SSSR count). The molecule has 0 aliphatic heterocycles. The molecule has 0 fully saturated rings. The van der Waals surface area contributed by atoms with E-state index in [1.807, 2.05) is 39.0 Å². The van der Waals surface area contributed by atoms with Crippen LogP contribution in [0.15, 0.2) is 42.5 Å². The molecule has 5 heteroatoms. The molecule has 2 aromatic carbocycles. The largest absolute Gasteiger partial charge is 0.383 e. The number of hydrogen-bond acceptors (Lipinski definition) is 3. The molecule has 0 aliphatic carbocycles. The van der Waals surface area contributed by atoms with Crippen molar-refractivity contribution in [2.45, 2.75) is 26.9 Å². The first-order valence-corrected chi connectivity index (χ1v) is 8.68. The molecule has 3 aromatic rings. The average molecular weight is 373 g/mol. The summed E-state index contributed by atoms with van der Waals surface area (Å²) in [5.41, 5.74) is 5.20. The fourth-order valence-corrected chi connectivity index (χ4v) is 3.68. The van der Waals surface area contributed by atoms with Gasteiger partial charge in [-0.15, -0.1) is 0 Å². The van der Waals surface area contributed by atoms with E-state index in [0.29, 0.717) is 17.0 Å². The minimum atomic E-state index is -0.976. The molecule has 0 bridgehead atoms. The van der Waals surface area contributed by atoms with Crippen LogP contribution in [0.25, 0.3) is 11.4 Å². The Morgan fingerprint density at radius 2 is 1.40 bits per heavy atom. The van der Waals surface area contributed by atoms with E-state index in [9.17, 15) is 5.11 Å². The fraction of sp³-hybridized carbons (Fsp3) is 0.200. The predicted octanol–water partition coefficient (Wildman–Crippen LogP) is 5.46. The molecule has 1 unspecified atom stereocenters. The third-order valence-corrected chi connectivity index (χ3v) is 4.72. The van der Waals surface area contributed by atoms with Crippen LogP contribution in [0.4, 0.5) is 0 Å². The Kier molecular flexibility index (Phi) is 5.09. The maximum Gasteiger partial charge on any atom is 0.163 e. The van der Waals surface area contributed by atoms with Crippen molar-refractivity contribution in [3.8, 4) is 11.4 Å². The molecule has 1 aromatic heterocycles. The first-order valence-electron chi connectivity index (χ1n) is 7.92. The molecule has 0 amide bonds. The quantitative estimate of drug-likeness (QED) is 0.621. The van der Waals surface area contributed by atoms with Crippen LogP contribution in [0.5, 0.6) is 0 Å². The summed E-state index contributed by atoms with van der Waals surface area (Å²) in [6.45, 7) is 6.06. The zero-order valence-corrected chi connectivity index (χ0v) is 15.7. The molecule has 25 heavy (non-hydrogen) atoms. The Morgan fingerprint density at radius 3 is 1.92 bits per heavy atom. The maximum absolute atomic E-state index is 10.6. The van der Waals surface area contributed by atoms with E-state index in [1.165, 1.54) is 5.56 Å². The molecular weight excluding hydrogens is 355 g/mol. The monoisotopic (exact) mass is 372 g/mol. The molecule has 1 N–H and O–H groups in total. The van der Waals surface area contributed by atoms with Gasteiger partial charge in [-0.2, -0.15) is 0 Å². The van der Waals surface area contributed by atoms with Gasteiger partial charge in [-0.1, -0.05) is 71.2 Å². The van der Waals surface area contributed by atoms with E-state index in [1.54, 1.807) is 12.1 Å². The Balaban J connectivity index is 2.11. The lowest BCUT2D eigenvalue weighted by atomic mass is 9.99. The number of benzene rings is 2. The Labute approximate surface area is 157 Å². The molecule has 1 atom stereocenters. The van der Waals surface area contributed by atoms with Crippen molar-refractivity contribution in [3.05, 3.63) is 80.6 Å². The van der Waals surface area contributed by atoms with Crippen molar-refractivity contribution < 1.29 is 5.11 Å². The molecular formula is C20H18Cl2N2O. The molecule has 0 spiro atoms. The zero-order valence-electron chi connectivity index (χ0n) is 14.2. The second kappa shape index (κ2) is 7.12. The van der Waals surface area contributed by atoms with Gasteiger partial charge in [0.2, 0.25) is 0 Å². The lowest BCUT2D eigenvalue weighted by Gasteiger charge is -2.16. The van der Waals surface area contributed by atoms with E-state index in [-0.39, 0.29) is 10.3 Å². The number of aromatic nitrogens is 2. The zero-order chi connectivity index (χ0) is 18.1. The van der Waals surface area contributed by atoms with Crippen LogP contribution in [0.2, 0.25) is 10.3 Å². The number of halogens is 2. The smallest absolute Gasteiger partial charge is 0.163 e. The van der Waals surface area contributed by atoms with Crippen LogP contribution in [0.1, 0.15) is 33.9 Å². The summed E-state index contributed by atoms with van der Waals surface area (Å²) in [6, 6.07) is 13.3. The van der Waals surface area contributed by atoms with E-state index in [0.717, 1.165) is 16.7 Å². The molecule has 0 saturated carbocycles. The summed E-state index contributed by atoms with van der Waals surface area (Å²) in [4.78, 5) is 8.82. The number of hydrogen-bond donors (Lipinski definition) is 1. The topological polar surface area (TPSA) is 46.0 Å². The van der Waals surface area contributed by atoms with Gasteiger partial charge in [-0.3, -0.25) is 0 Å². The summed E-state index contributed by atoms with van der Waals surface area (Å²) < 4.78 is 0. The van der Waals surface area contributed by atoms with Gasteiger partial charge in [0, 0.05) is 5.56 Å². The molecule has 1 heterocycles. The van der Waals surface area contributed by atoms with Crippen molar-refractivity contribution in [2.75, 3.05) is 0 Å². The highest BCUT2D eigenvalue weighted by Gasteiger charge is 2.22. The maximum atomic E-state index is 10.6. The van der Waals surface area contributed by atoms with Crippen LogP contribution in [0, 0.1) is 20.8 Å². The van der Waals surface area contributed by atoms with E-state index >= 15 is 0 Å². The standard InChI is InChI=1S/C20H18Cl2N2O/c1-11-9-12(2)15(13(3)10-11)20-23-18(21)16(19(22)24-20)17(25)14-7-5-4-6-8-14/h4-10,17,25H,1-3H3. The van der Waals surface area contributed by atoms with Gasteiger partial charge >= 0.3 is 0 Å². The van der Waals surface area contributed by atoms with Gasteiger partial charge in [-0.25, -0.2) is 9.97 Å². The van der Waals surface area contributed by atoms with Crippen LogP contribution in [0.3, 0.4) is 0 Å². The van der Waals surface area contributed by atoms with Gasteiger partial charge in [0.05, 0.1) is 5.56 Å². The first-order chi connectivity index (χ1) is 11.9. The number of aliphatic hydroxyl groups is 1. The van der Waals surface area contributed by atoms with Crippen LogP contribution >= 0.6 is 23.2 Å². The van der Waals surface area contributed by atoms with Crippen LogP contribution in [-0.2, 0) is 0 Å². The Hall–Kier alpha value is -1.94. The third kappa shape index (κ3) is 3.54. The van der Waals surface area contributed by atoms with Crippen LogP contribution in [-0.4, -0.2) is 15.1 Å². The minimum Gasteiger partial charge on any atom is -0.383 e. The number of nitrogens with zero attached hydrogens (tertiary/aromatic N) is 2. The van der Waals surface area contributed by atoms with Crippen molar-refractivity contribution in [2.24, 2.45) is 0 Å². The minimum absolute atomic E-state index is 0.158. The van der Waals surface area contributed by atoms with Crippen LogP contribution < -0.4 is 0 Å². The highest BCUT2D eigenvalue weighted by Crippen LogP contribution is 2.35. The SMILES string of the molecule is Cc1cc(C)c(-c2nc(Cl)c(C(O)c3ccccc3)c(Cl)n2)c(C)c1. The van der Waals surface area contributed by atoms with E-state index in [4.69, 9.17) is 23.2 Å². The average Bonchev–Trinajstić information content (AvgIpc) is 2.54. The number of aliphatic hydroxyl groups excluding tert-OH is 1. The molecule has 128 valence electrons. The number of aryl methyl sites for hydroxylation is 3. The molecule has 0 saturated heterocycles.